The maximum atomic E-state index is 10.9. The number of rotatable bonds is 6. The summed E-state index contributed by atoms with van der Waals surface area (Å²) in [7, 11) is 0. The zero-order valence-corrected chi connectivity index (χ0v) is 13.1. The van der Waals surface area contributed by atoms with Gasteiger partial charge in [0.2, 0.25) is 0 Å². The molecule has 0 amide bonds. The third kappa shape index (κ3) is 4.67. The lowest BCUT2D eigenvalue weighted by molar-refractivity contribution is -0.260. The van der Waals surface area contributed by atoms with Crippen molar-refractivity contribution in [3.05, 3.63) is 46.3 Å². The average molecular weight is 337 g/mol. The molecule has 0 aliphatic carbocycles. The minimum atomic E-state index is -1.48. The molecule has 5 atom stereocenters. The molecule has 3 unspecified atom stereocenters. The molecule has 1 saturated heterocycles. The molecule has 24 heavy (non-hydrogen) atoms. The summed E-state index contributed by atoms with van der Waals surface area (Å²) in [5, 5.41) is 23.9. The van der Waals surface area contributed by atoms with Gasteiger partial charge < -0.3 is 24.4 Å². The summed E-state index contributed by atoms with van der Waals surface area (Å²) >= 11 is 0. The predicted molar refractivity (Wildman–Crippen MR) is 81.5 cm³/mol. The monoisotopic (exact) mass is 337 g/mol. The molecule has 130 valence electrons. The van der Waals surface area contributed by atoms with Gasteiger partial charge in [0.15, 0.2) is 6.29 Å². The summed E-state index contributed by atoms with van der Waals surface area (Å²) in [6.07, 6.45) is -4.72. The summed E-state index contributed by atoms with van der Waals surface area (Å²) in [6, 6.07) is 8.07. The van der Waals surface area contributed by atoms with Gasteiger partial charge in [0.1, 0.15) is 24.9 Å². The SMILES string of the molecule is CC(=O)OCC1O[C@@H](O)C(N=[N+]=[N-])C(OCc2ccccc2)[C@@H]1O. The van der Waals surface area contributed by atoms with Crippen LogP contribution in [0.25, 0.3) is 10.4 Å². The molecule has 1 aromatic carbocycles. The van der Waals surface area contributed by atoms with Gasteiger partial charge in [-0.3, -0.25) is 4.79 Å². The van der Waals surface area contributed by atoms with E-state index in [1.165, 1.54) is 6.92 Å². The Balaban J connectivity index is 2.10. The summed E-state index contributed by atoms with van der Waals surface area (Å²) < 4.78 is 15.7. The highest BCUT2D eigenvalue weighted by molar-refractivity contribution is 5.65. The molecule has 1 aromatic rings. The van der Waals surface area contributed by atoms with Crippen molar-refractivity contribution in [3.8, 4) is 0 Å². The summed E-state index contributed by atoms with van der Waals surface area (Å²) in [5.41, 5.74) is 9.50. The van der Waals surface area contributed by atoms with Crippen molar-refractivity contribution in [1.29, 1.82) is 0 Å². The van der Waals surface area contributed by atoms with Crippen molar-refractivity contribution in [1.82, 2.24) is 0 Å². The van der Waals surface area contributed by atoms with Crippen LogP contribution < -0.4 is 0 Å². The van der Waals surface area contributed by atoms with Crippen LogP contribution in [-0.2, 0) is 25.6 Å². The highest BCUT2D eigenvalue weighted by Crippen LogP contribution is 2.26. The van der Waals surface area contributed by atoms with E-state index in [0.717, 1.165) is 5.56 Å². The van der Waals surface area contributed by atoms with Gasteiger partial charge in [-0.15, -0.1) is 0 Å². The van der Waals surface area contributed by atoms with Gasteiger partial charge in [-0.05, 0) is 11.1 Å². The first-order valence-electron chi connectivity index (χ1n) is 7.37. The second-order valence-electron chi connectivity index (χ2n) is 5.31. The smallest absolute Gasteiger partial charge is 0.302 e. The maximum absolute atomic E-state index is 10.9. The molecule has 0 spiro atoms. The molecule has 0 bridgehead atoms. The zero-order valence-electron chi connectivity index (χ0n) is 13.1. The lowest BCUT2D eigenvalue weighted by Gasteiger charge is -2.40. The Morgan fingerprint density at radius 1 is 1.38 bits per heavy atom. The van der Waals surface area contributed by atoms with Crippen molar-refractivity contribution in [3.63, 3.8) is 0 Å². The van der Waals surface area contributed by atoms with Crippen molar-refractivity contribution in [2.45, 2.75) is 44.2 Å². The molecule has 0 saturated carbocycles. The van der Waals surface area contributed by atoms with Gasteiger partial charge in [0.05, 0.1) is 12.7 Å². The molecular weight excluding hydrogens is 318 g/mol. The van der Waals surface area contributed by atoms with E-state index in [4.69, 9.17) is 19.7 Å². The van der Waals surface area contributed by atoms with E-state index in [1.807, 2.05) is 30.3 Å². The van der Waals surface area contributed by atoms with Crippen LogP contribution >= 0.6 is 0 Å². The van der Waals surface area contributed by atoms with Crippen molar-refractivity contribution >= 4 is 5.97 Å². The Labute approximate surface area is 138 Å². The van der Waals surface area contributed by atoms with E-state index >= 15 is 0 Å². The minimum absolute atomic E-state index is 0.146. The standard InChI is InChI=1S/C15H19N3O6/c1-9(19)22-8-11-13(20)14(12(17-18-16)15(21)24-11)23-7-10-5-3-2-4-6-10/h2-6,11-15,20-21H,7-8H2,1H3/t11?,12?,13-,14?,15-/m1/s1. The number of ether oxygens (including phenoxy) is 3. The first-order chi connectivity index (χ1) is 11.5. The van der Waals surface area contributed by atoms with E-state index < -0.39 is 36.6 Å². The second kappa shape index (κ2) is 8.62. The van der Waals surface area contributed by atoms with Crippen LogP contribution in [0, 0.1) is 0 Å². The molecule has 2 rings (SSSR count). The molecule has 9 nitrogen and oxygen atoms in total. The number of carbonyl (C=O) groups excluding carboxylic acids is 1. The third-order valence-corrected chi connectivity index (χ3v) is 3.58. The number of azide groups is 1. The van der Waals surface area contributed by atoms with Gasteiger partial charge in [0, 0.05) is 11.8 Å². The molecule has 1 heterocycles. The molecule has 1 fully saturated rings. The average Bonchev–Trinajstić information content (AvgIpc) is 2.57. The Hall–Kier alpha value is -2.16. The molecule has 1 aliphatic heterocycles. The first kappa shape index (κ1) is 18.2. The van der Waals surface area contributed by atoms with Crippen LogP contribution in [0.4, 0.5) is 0 Å². The van der Waals surface area contributed by atoms with Gasteiger partial charge >= 0.3 is 5.97 Å². The number of esters is 1. The number of benzene rings is 1. The Kier molecular flexibility index (Phi) is 6.53. The number of carbonyl (C=O) groups is 1. The number of nitrogens with zero attached hydrogens (tertiary/aromatic N) is 3. The van der Waals surface area contributed by atoms with Gasteiger partial charge in [-0.2, -0.15) is 0 Å². The fourth-order valence-corrected chi connectivity index (χ4v) is 2.40. The highest BCUT2D eigenvalue weighted by Gasteiger charge is 2.45. The summed E-state index contributed by atoms with van der Waals surface area (Å²) in [6.45, 7) is 1.12. The second-order valence-corrected chi connectivity index (χ2v) is 5.31. The molecule has 2 N–H and O–H groups in total. The first-order valence-corrected chi connectivity index (χ1v) is 7.37. The Morgan fingerprint density at radius 3 is 2.71 bits per heavy atom. The van der Waals surface area contributed by atoms with Gasteiger partial charge in [-0.25, -0.2) is 0 Å². The molecule has 9 heteroatoms. The number of hydrogen-bond donors (Lipinski definition) is 2. The van der Waals surface area contributed by atoms with Crippen LogP contribution in [0.15, 0.2) is 35.4 Å². The number of aliphatic hydroxyl groups excluding tert-OH is 2. The summed E-state index contributed by atoms with van der Waals surface area (Å²) in [5.74, 6) is -0.542. The maximum Gasteiger partial charge on any atom is 0.302 e. The molecule has 1 aliphatic rings. The third-order valence-electron chi connectivity index (χ3n) is 3.58. The number of hydrogen-bond acceptors (Lipinski definition) is 7. The largest absolute Gasteiger partial charge is 0.463 e. The van der Waals surface area contributed by atoms with Crippen molar-refractivity contribution in [2.75, 3.05) is 6.61 Å². The predicted octanol–water partition coefficient (Wildman–Crippen LogP) is 0.892. The lowest BCUT2D eigenvalue weighted by atomic mass is 9.97. The topological polar surface area (TPSA) is 134 Å². The Morgan fingerprint density at radius 2 is 2.08 bits per heavy atom. The van der Waals surface area contributed by atoms with Gasteiger partial charge in [0.25, 0.3) is 0 Å². The van der Waals surface area contributed by atoms with Crippen molar-refractivity contribution in [2.24, 2.45) is 5.11 Å². The van der Waals surface area contributed by atoms with E-state index in [1.54, 1.807) is 0 Å². The van der Waals surface area contributed by atoms with Gasteiger partial charge in [-0.1, -0.05) is 35.4 Å². The Bertz CT molecular complexity index is 592. The van der Waals surface area contributed by atoms with Crippen LogP contribution in [-0.4, -0.2) is 53.4 Å². The van der Waals surface area contributed by atoms with E-state index in [2.05, 4.69) is 10.0 Å². The fourth-order valence-electron chi connectivity index (χ4n) is 2.40. The zero-order chi connectivity index (χ0) is 17.5. The fraction of sp³-hybridized carbons (Fsp3) is 0.533. The van der Waals surface area contributed by atoms with Crippen molar-refractivity contribution < 1.29 is 29.2 Å². The molecule has 0 aromatic heterocycles. The van der Waals surface area contributed by atoms with Crippen LogP contribution in [0.1, 0.15) is 12.5 Å². The van der Waals surface area contributed by atoms with E-state index in [-0.39, 0.29) is 13.2 Å². The molecule has 0 radical (unpaired) electrons. The number of aliphatic hydroxyl groups is 2. The minimum Gasteiger partial charge on any atom is -0.463 e. The van der Waals surface area contributed by atoms with E-state index in [0.29, 0.717) is 0 Å². The normalized spacial score (nSPS) is 29.5. The van der Waals surface area contributed by atoms with Crippen LogP contribution in [0.2, 0.25) is 0 Å². The molecular formula is C15H19N3O6. The van der Waals surface area contributed by atoms with Crippen LogP contribution in [0.5, 0.6) is 0 Å². The highest BCUT2D eigenvalue weighted by atomic mass is 16.6. The quantitative estimate of drug-likeness (QED) is 0.343. The van der Waals surface area contributed by atoms with E-state index in [9.17, 15) is 15.0 Å². The van der Waals surface area contributed by atoms with Crippen LogP contribution in [0.3, 0.4) is 0 Å². The summed E-state index contributed by atoms with van der Waals surface area (Å²) in [4.78, 5) is 13.6. The lowest BCUT2D eigenvalue weighted by Crippen LogP contribution is -2.58.